The minimum absolute atomic E-state index is 0.200. The maximum atomic E-state index is 13.9. The molecule has 1 N–H and O–H groups in total. The third-order valence-corrected chi connectivity index (χ3v) is 7.27. The van der Waals surface area contributed by atoms with Gasteiger partial charge in [0.2, 0.25) is 0 Å². The molecule has 0 aromatic heterocycles. The first-order chi connectivity index (χ1) is 18.8. The summed E-state index contributed by atoms with van der Waals surface area (Å²) in [4.78, 5) is 49.3. The predicted molar refractivity (Wildman–Crippen MR) is 136 cm³/mol. The Bertz CT molecular complexity index is 1290. The lowest BCUT2D eigenvalue weighted by molar-refractivity contribution is -0.203. The van der Waals surface area contributed by atoms with E-state index in [1.165, 1.54) is 12.1 Å². The summed E-state index contributed by atoms with van der Waals surface area (Å²) in [5.74, 6) is -8.49. The molecule has 1 amide bonds. The van der Waals surface area contributed by atoms with Gasteiger partial charge in [-0.3, -0.25) is 19.2 Å². The van der Waals surface area contributed by atoms with Crippen LogP contribution in [0, 0.1) is 17.5 Å². The van der Waals surface area contributed by atoms with Crippen LogP contribution in [0.5, 0.6) is 0 Å². The summed E-state index contributed by atoms with van der Waals surface area (Å²) in [6.45, 7) is 2.81. The van der Waals surface area contributed by atoms with Crippen molar-refractivity contribution in [3.63, 3.8) is 0 Å². The number of amides is 1. The van der Waals surface area contributed by atoms with Crippen molar-refractivity contribution in [2.45, 2.75) is 55.5 Å². The molecule has 0 aliphatic carbocycles. The highest BCUT2D eigenvalue weighted by atomic mass is 35.5. The van der Waals surface area contributed by atoms with E-state index in [4.69, 9.17) is 42.1 Å². The fraction of sp³-hybridized carbons (Fsp3) is 0.360. The first kappa shape index (κ1) is 31.5. The first-order valence-electron chi connectivity index (χ1n) is 11.5. The van der Waals surface area contributed by atoms with E-state index in [0.29, 0.717) is 17.0 Å². The molecule has 0 radical (unpaired) electrons. The van der Waals surface area contributed by atoms with Gasteiger partial charge in [0, 0.05) is 31.2 Å². The van der Waals surface area contributed by atoms with Gasteiger partial charge in [0.1, 0.15) is 24.2 Å². The van der Waals surface area contributed by atoms with Crippen molar-refractivity contribution >= 4 is 58.8 Å². The summed E-state index contributed by atoms with van der Waals surface area (Å²) in [6, 6.07) is 4.11. The Labute approximate surface area is 240 Å². The molecule has 5 atom stereocenters. The third kappa shape index (κ3) is 8.03. The number of hydrogen-bond acceptors (Lipinski definition) is 9. The molecule has 0 saturated carbocycles. The standard InChI is InChI=1S/C25H22Cl2F3NO8S/c1-10(32)36-9-19-22(37-11(2)33)21(31-24(35)13-6-17(28)20(30)18(29)7-13)23(38-12(3)34)25(39-19)40-14-4-5-15(26)16(27)8-14/h4-8,19,21-23,25H,9H2,1-3H3,(H,31,35). The van der Waals surface area contributed by atoms with E-state index >= 15 is 0 Å². The van der Waals surface area contributed by atoms with Gasteiger partial charge in [0.05, 0.1) is 10.0 Å². The molecule has 3 rings (SSSR count). The molecular weight excluding hydrogens is 602 g/mol. The Hall–Kier alpha value is -3.00. The van der Waals surface area contributed by atoms with Crippen LogP contribution in [-0.2, 0) is 33.3 Å². The van der Waals surface area contributed by atoms with Crippen molar-refractivity contribution in [3.05, 3.63) is 63.4 Å². The van der Waals surface area contributed by atoms with Crippen molar-refractivity contribution < 1.29 is 51.3 Å². The number of ether oxygens (including phenoxy) is 4. The van der Waals surface area contributed by atoms with Gasteiger partial charge in [-0.2, -0.15) is 0 Å². The van der Waals surface area contributed by atoms with E-state index in [1.807, 2.05) is 0 Å². The van der Waals surface area contributed by atoms with Crippen molar-refractivity contribution in [1.29, 1.82) is 0 Å². The molecule has 0 bridgehead atoms. The molecule has 40 heavy (non-hydrogen) atoms. The number of carbonyl (C=O) groups excluding carboxylic acids is 4. The lowest BCUT2D eigenvalue weighted by Crippen LogP contribution is -2.66. The second-order valence-corrected chi connectivity index (χ2v) is 10.4. The molecule has 2 aromatic carbocycles. The van der Waals surface area contributed by atoms with Gasteiger partial charge in [0.25, 0.3) is 5.91 Å². The van der Waals surface area contributed by atoms with Gasteiger partial charge in [-0.1, -0.05) is 35.0 Å². The topological polar surface area (TPSA) is 117 Å². The molecule has 5 unspecified atom stereocenters. The first-order valence-corrected chi connectivity index (χ1v) is 13.1. The maximum Gasteiger partial charge on any atom is 0.303 e. The summed E-state index contributed by atoms with van der Waals surface area (Å²) < 4.78 is 63.1. The number of rotatable bonds is 8. The molecule has 2 aromatic rings. The number of esters is 3. The summed E-state index contributed by atoms with van der Waals surface area (Å²) in [5, 5.41) is 2.91. The Morgan fingerprint density at radius 2 is 1.50 bits per heavy atom. The van der Waals surface area contributed by atoms with Gasteiger partial charge in [-0.05, 0) is 30.3 Å². The van der Waals surface area contributed by atoms with Crippen LogP contribution in [0.3, 0.4) is 0 Å². The molecule has 1 aliphatic heterocycles. The van der Waals surface area contributed by atoms with Gasteiger partial charge < -0.3 is 24.3 Å². The van der Waals surface area contributed by atoms with Crippen molar-refractivity contribution in [1.82, 2.24) is 5.32 Å². The zero-order valence-corrected chi connectivity index (χ0v) is 23.4. The van der Waals surface area contributed by atoms with Crippen LogP contribution >= 0.6 is 35.0 Å². The van der Waals surface area contributed by atoms with Gasteiger partial charge in [-0.15, -0.1) is 0 Å². The number of benzene rings is 2. The van der Waals surface area contributed by atoms with E-state index in [1.54, 1.807) is 6.07 Å². The summed E-state index contributed by atoms with van der Waals surface area (Å²) in [6.07, 6.45) is -4.02. The van der Waals surface area contributed by atoms with Crippen molar-refractivity contribution in [3.8, 4) is 0 Å². The quantitative estimate of drug-likeness (QED) is 0.258. The average Bonchev–Trinajstić information content (AvgIpc) is 2.86. The Balaban J connectivity index is 2.07. The van der Waals surface area contributed by atoms with E-state index in [9.17, 15) is 32.3 Å². The highest BCUT2D eigenvalue weighted by molar-refractivity contribution is 7.99. The second-order valence-electron chi connectivity index (χ2n) is 8.44. The van der Waals surface area contributed by atoms with Crippen molar-refractivity contribution in [2.75, 3.05) is 6.61 Å². The normalized spacial score (nSPS) is 22.2. The fourth-order valence-corrected chi connectivity index (χ4v) is 5.30. The van der Waals surface area contributed by atoms with Crippen LogP contribution in [0.15, 0.2) is 35.2 Å². The van der Waals surface area contributed by atoms with Crippen LogP contribution in [0.25, 0.3) is 0 Å². The number of carbonyl (C=O) groups is 4. The van der Waals surface area contributed by atoms with Crippen LogP contribution in [0.4, 0.5) is 13.2 Å². The highest BCUT2D eigenvalue weighted by Gasteiger charge is 2.51. The van der Waals surface area contributed by atoms with Crippen LogP contribution < -0.4 is 5.32 Å². The Morgan fingerprint density at radius 3 is 2.05 bits per heavy atom. The second kappa shape index (κ2) is 13.6. The number of halogens is 5. The predicted octanol–water partition coefficient (Wildman–Crippen LogP) is 4.45. The molecule has 1 fully saturated rings. The van der Waals surface area contributed by atoms with Crippen LogP contribution in [0.2, 0.25) is 10.0 Å². The van der Waals surface area contributed by atoms with Gasteiger partial charge in [0.15, 0.2) is 29.7 Å². The molecule has 0 spiro atoms. The molecule has 9 nitrogen and oxygen atoms in total. The van der Waals surface area contributed by atoms with E-state index < -0.39 is 83.2 Å². The smallest absolute Gasteiger partial charge is 0.303 e. The summed E-state index contributed by atoms with van der Waals surface area (Å²) in [5.41, 5.74) is -1.75. The van der Waals surface area contributed by atoms with E-state index in [2.05, 4.69) is 5.32 Å². The molecule has 1 heterocycles. The van der Waals surface area contributed by atoms with E-state index in [-0.39, 0.29) is 10.0 Å². The summed E-state index contributed by atoms with van der Waals surface area (Å²) >= 11 is 13.1. The van der Waals surface area contributed by atoms with Crippen LogP contribution in [-0.4, -0.2) is 60.2 Å². The largest absolute Gasteiger partial charge is 0.463 e. The number of thioether (sulfide) groups is 1. The number of hydrogen-bond donors (Lipinski definition) is 1. The zero-order valence-electron chi connectivity index (χ0n) is 21.0. The zero-order chi connectivity index (χ0) is 29.7. The third-order valence-electron chi connectivity index (χ3n) is 5.39. The number of nitrogens with one attached hydrogen (secondary N) is 1. The SMILES string of the molecule is CC(=O)OCC1OC(Sc2ccc(Cl)c(Cl)c2)C(OC(C)=O)C(NC(=O)c2cc(F)c(F)c(F)c2)C1OC(C)=O. The van der Waals surface area contributed by atoms with Gasteiger partial charge >= 0.3 is 17.9 Å². The van der Waals surface area contributed by atoms with Crippen molar-refractivity contribution in [2.24, 2.45) is 0 Å². The minimum Gasteiger partial charge on any atom is -0.463 e. The highest BCUT2D eigenvalue weighted by Crippen LogP contribution is 2.38. The van der Waals surface area contributed by atoms with Crippen LogP contribution in [0.1, 0.15) is 31.1 Å². The Kier molecular flexibility index (Phi) is 10.7. The lowest BCUT2D eigenvalue weighted by atomic mass is 9.96. The lowest BCUT2D eigenvalue weighted by Gasteiger charge is -2.45. The maximum absolute atomic E-state index is 13.9. The monoisotopic (exact) mass is 623 g/mol. The molecule has 1 saturated heterocycles. The Morgan fingerprint density at radius 1 is 0.900 bits per heavy atom. The fourth-order valence-electron chi connectivity index (χ4n) is 3.77. The molecule has 216 valence electrons. The molecule has 1 aliphatic rings. The minimum atomic E-state index is -1.78. The van der Waals surface area contributed by atoms with E-state index in [0.717, 1.165) is 32.5 Å². The average molecular weight is 624 g/mol. The summed E-state index contributed by atoms with van der Waals surface area (Å²) in [7, 11) is 0. The molecule has 15 heteroatoms. The van der Waals surface area contributed by atoms with Gasteiger partial charge in [-0.25, -0.2) is 13.2 Å². The molecular formula is C25H22Cl2F3NO8S.